The molecule has 0 spiro atoms. The second-order valence-corrected chi connectivity index (χ2v) is 5.72. The minimum Gasteiger partial charge on any atom is -0.0651 e. The first-order chi connectivity index (χ1) is 5.52. The van der Waals surface area contributed by atoms with Gasteiger partial charge >= 0.3 is 0 Å². The Labute approximate surface area is 76.7 Å². The Kier molecular flexibility index (Phi) is 1.63. The zero-order chi connectivity index (χ0) is 8.98. The zero-order valence-electron chi connectivity index (χ0n) is 8.98. The standard InChI is InChI=1S/C12H22/c1-5-9-8-10-6-7-12(9,4)11(10,2)3/h9-10H,5-8H2,1-4H3. The number of rotatable bonds is 1. The Bertz CT molecular complexity index is 192. The maximum absolute atomic E-state index is 2.54. The fraction of sp³-hybridized carbons (Fsp3) is 1.00. The van der Waals surface area contributed by atoms with Crippen molar-refractivity contribution in [3.05, 3.63) is 0 Å². The fourth-order valence-electron chi connectivity index (χ4n) is 3.99. The van der Waals surface area contributed by atoms with Crippen LogP contribution in [0.15, 0.2) is 0 Å². The summed E-state index contributed by atoms with van der Waals surface area (Å²) in [5.41, 5.74) is 1.31. The molecule has 0 radical (unpaired) electrons. The van der Waals surface area contributed by atoms with Crippen LogP contribution >= 0.6 is 0 Å². The van der Waals surface area contributed by atoms with E-state index in [-0.39, 0.29) is 0 Å². The Morgan fingerprint density at radius 2 is 1.92 bits per heavy atom. The maximum atomic E-state index is 2.54. The van der Waals surface area contributed by atoms with Crippen molar-refractivity contribution in [1.82, 2.24) is 0 Å². The molecular formula is C12H22. The molecule has 12 heavy (non-hydrogen) atoms. The van der Waals surface area contributed by atoms with Crippen LogP contribution < -0.4 is 0 Å². The quantitative estimate of drug-likeness (QED) is 0.555. The zero-order valence-corrected chi connectivity index (χ0v) is 8.98. The van der Waals surface area contributed by atoms with Crippen molar-refractivity contribution in [2.45, 2.75) is 53.4 Å². The van der Waals surface area contributed by atoms with E-state index < -0.39 is 0 Å². The summed E-state index contributed by atoms with van der Waals surface area (Å²) in [4.78, 5) is 0. The van der Waals surface area contributed by atoms with Crippen molar-refractivity contribution < 1.29 is 0 Å². The van der Waals surface area contributed by atoms with Crippen LogP contribution in [0.2, 0.25) is 0 Å². The molecule has 3 unspecified atom stereocenters. The van der Waals surface area contributed by atoms with E-state index in [9.17, 15) is 0 Å². The first kappa shape index (κ1) is 8.59. The van der Waals surface area contributed by atoms with Gasteiger partial charge in [0.05, 0.1) is 0 Å². The molecular weight excluding hydrogens is 144 g/mol. The van der Waals surface area contributed by atoms with Gasteiger partial charge < -0.3 is 0 Å². The Morgan fingerprint density at radius 3 is 2.17 bits per heavy atom. The molecule has 0 N–H and O–H groups in total. The largest absolute Gasteiger partial charge is 0.0651 e. The van der Waals surface area contributed by atoms with Gasteiger partial charge in [-0.05, 0) is 41.9 Å². The van der Waals surface area contributed by atoms with Crippen LogP contribution in [0.3, 0.4) is 0 Å². The third kappa shape index (κ3) is 0.744. The molecule has 0 amide bonds. The second kappa shape index (κ2) is 2.27. The average molecular weight is 166 g/mol. The topological polar surface area (TPSA) is 0 Å². The van der Waals surface area contributed by atoms with Crippen molar-refractivity contribution in [1.29, 1.82) is 0 Å². The van der Waals surface area contributed by atoms with Crippen LogP contribution in [0.4, 0.5) is 0 Å². The summed E-state index contributed by atoms with van der Waals surface area (Å²) in [7, 11) is 0. The third-order valence-corrected chi connectivity index (χ3v) is 5.47. The monoisotopic (exact) mass is 166 g/mol. The maximum Gasteiger partial charge on any atom is -0.0244 e. The SMILES string of the molecule is CCC1CC2CCC1(C)C2(C)C. The summed E-state index contributed by atoms with van der Waals surface area (Å²) in [5, 5.41) is 0. The fourth-order valence-corrected chi connectivity index (χ4v) is 3.99. The molecule has 0 nitrogen and oxygen atoms in total. The van der Waals surface area contributed by atoms with Crippen molar-refractivity contribution in [3.63, 3.8) is 0 Å². The summed E-state index contributed by atoms with van der Waals surface area (Å²) < 4.78 is 0. The van der Waals surface area contributed by atoms with Gasteiger partial charge in [0.1, 0.15) is 0 Å². The van der Waals surface area contributed by atoms with E-state index in [2.05, 4.69) is 27.7 Å². The highest BCUT2D eigenvalue weighted by Gasteiger charge is 2.60. The summed E-state index contributed by atoms with van der Waals surface area (Å²) >= 11 is 0. The predicted octanol–water partition coefficient (Wildman–Crippen LogP) is 3.86. The van der Waals surface area contributed by atoms with E-state index in [1.807, 2.05) is 0 Å². The van der Waals surface area contributed by atoms with Gasteiger partial charge in [0.2, 0.25) is 0 Å². The first-order valence-corrected chi connectivity index (χ1v) is 5.52. The van der Waals surface area contributed by atoms with Crippen molar-refractivity contribution in [3.8, 4) is 0 Å². The van der Waals surface area contributed by atoms with E-state index in [0.29, 0.717) is 10.8 Å². The van der Waals surface area contributed by atoms with Crippen LogP contribution in [0, 0.1) is 22.7 Å². The molecule has 0 saturated heterocycles. The predicted molar refractivity (Wildman–Crippen MR) is 53.0 cm³/mol. The highest BCUT2D eigenvalue weighted by atomic mass is 14.6. The molecule has 2 aliphatic carbocycles. The van der Waals surface area contributed by atoms with Gasteiger partial charge in [0, 0.05) is 0 Å². The van der Waals surface area contributed by atoms with Gasteiger partial charge in [0.25, 0.3) is 0 Å². The summed E-state index contributed by atoms with van der Waals surface area (Å²) in [6.45, 7) is 9.90. The molecule has 2 saturated carbocycles. The van der Waals surface area contributed by atoms with E-state index >= 15 is 0 Å². The molecule has 2 bridgehead atoms. The average Bonchev–Trinajstić information content (AvgIpc) is 2.34. The van der Waals surface area contributed by atoms with Gasteiger partial charge in [-0.1, -0.05) is 34.1 Å². The van der Waals surface area contributed by atoms with E-state index in [1.54, 1.807) is 0 Å². The summed E-state index contributed by atoms with van der Waals surface area (Å²) in [5.74, 6) is 2.05. The van der Waals surface area contributed by atoms with Crippen molar-refractivity contribution in [2.24, 2.45) is 22.7 Å². The molecule has 2 rings (SSSR count). The summed E-state index contributed by atoms with van der Waals surface area (Å²) in [6, 6.07) is 0. The number of hydrogen-bond donors (Lipinski definition) is 0. The lowest BCUT2D eigenvalue weighted by Gasteiger charge is -2.39. The molecule has 2 aliphatic rings. The van der Waals surface area contributed by atoms with Crippen LogP contribution in [0.25, 0.3) is 0 Å². The molecule has 3 atom stereocenters. The van der Waals surface area contributed by atoms with Crippen LogP contribution in [-0.4, -0.2) is 0 Å². The molecule has 70 valence electrons. The minimum atomic E-state index is 0.633. The third-order valence-electron chi connectivity index (χ3n) is 5.47. The highest BCUT2D eigenvalue weighted by molar-refractivity contribution is 5.09. The van der Waals surface area contributed by atoms with Gasteiger partial charge in [-0.25, -0.2) is 0 Å². The normalized spacial score (nSPS) is 50.0. The lowest BCUT2D eigenvalue weighted by molar-refractivity contribution is 0.100. The van der Waals surface area contributed by atoms with E-state index in [1.165, 1.54) is 25.7 Å². The minimum absolute atomic E-state index is 0.633. The molecule has 0 aromatic heterocycles. The van der Waals surface area contributed by atoms with Crippen LogP contribution in [-0.2, 0) is 0 Å². The Morgan fingerprint density at radius 1 is 1.25 bits per heavy atom. The van der Waals surface area contributed by atoms with Crippen molar-refractivity contribution in [2.75, 3.05) is 0 Å². The summed E-state index contributed by atoms with van der Waals surface area (Å²) in [6.07, 6.45) is 5.90. The molecule has 0 aliphatic heterocycles. The molecule has 0 aromatic carbocycles. The Hall–Kier alpha value is 0. The van der Waals surface area contributed by atoms with Gasteiger partial charge in [-0.2, -0.15) is 0 Å². The first-order valence-electron chi connectivity index (χ1n) is 5.52. The van der Waals surface area contributed by atoms with E-state index in [0.717, 1.165) is 11.8 Å². The second-order valence-electron chi connectivity index (χ2n) is 5.72. The van der Waals surface area contributed by atoms with Gasteiger partial charge in [-0.15, -0.1) is 0 Å². The highest BCUT2D eigenvalue weighted by Crippen LogP contribution is 2.68. The van der Waals surface area contributed by atoms with Crippen LogP contribution in [0.1, 0.15) is 53.4 Å². The molecule has 0 heteroatoms. The van der Waals surface area contributed by atoms with Crippen molar-refractivity contribution >= 4 is 0 Å². The lowest BCUT2D eigenvalue weighted by atomic mass is 9.66. The number of fused-ring (bicyclic) bond motifs is 2. The molecule has 0 heterocycles. The molecule has 0 aromatic rings. The van der Waals surface area contributed by atoms with Gasteiger partial charge in [0.15, 0.2) is 0 Å². The van der Waals surface area contributed by atoms with E-state index in [4.69, 9.17) is 0 Å². The van der Waals surface area contributed by atoms with Crippen LogP contribution in [0.5, 0.6) is 0 Å². The lowest BCUT2D eigenvalue weighted by Crippen LogP contribution is -2.31. The van der Waals surface area contributed by atoms with Gasteiger partial charge in [-0.3, -0.25) is 0 Å². The molecule has 2 fully saturated rings. The Balaban J connectivity index is 2.33. The smallest absolute Gasteiger partial charge is 0.0244 e. The number of hydrogen-bond acceptors (Lipinski definition) is 0.